The molecule has 1 atom stereocenters. The molecule has 4 heteroatoms. The Morgan fingerprint density at radius 1 is 1.04 bits per heavy atom. The molecule has 1 heterocycles. The van der Waals surface area contributed by atoms with Crippen molar-refractivity contribution in [2.24, 2.45) is 5.16 Å². The molecule has 0 radical (unpaired) electrons. The number of benzene rings is 2. The Morgan fingerprint density at radius 3 is 2.29 bits per heavy atom. The summed E-state index contributed by atoms with van der Waals surface area (Å²) in [4.78, 5) is 19.6. The number of piperidine rings is 1. The van der Waals surface area contributed by atoms with Crippen molar-refractivity contribution in [2.45, 2.75) is 31.8 Å². The Hall–Kier alpha value is -2.62. The smallest absolute Gasteiger partial charge is 0.228 e. The third kappa shape index (κ3) is 4.02. The van der Waals surface area contributed by atoms with E-state index in [0.717, 1.165) is 24.1 Å². The normalized spacial score (nSPS) is 19.5. The second kappa shape index (κ2) is 7.77. The van der Waals surface area contributed by atoms with Crippen LogP contribution in [0.15, 0.2) is 65.8 Å². The average Bonchev–Trinajstić information content (AvgIpc) is 2.60. The minimum absolute atomic E-state index is 0.0998. The van der Waals surface area contributed by atoms with Gasteiger partial charge in [-0.05, 0) is 17.5 Å². The van der Waals surface area contributed by atoms with Crippen molar-refractivity contribution in [1.29, 1.82) is 0 Å². The number of hydrogen-bond acceptors (Lipinski definition) is 3. The first-order valence-corrected chi connectivity index (χ1v) is 8.22. The second-order valence-corrected chi connectivity index (χ2v) is 6.07. The number of rotatable bonds is 5. The van der Waals surface area contributed by atoms with Crippen LogP contribution in [0.5, 0.6) is 0 Å². The van der Waals surface area contributed by atoms with E-state index in [4.69, 9.17) is 4.84 Å². The molecule has 1 aliphatic rings. The highest BCUT2D eigenvalue weighted by Gasteiger charge is 2.32. The van der Waals surface area contributed by atoms with Crippen LogP contribution in [0.2, 0.25) is 0 Å². The van der Waals surface area contributed by atoms with Crippen molar-refractivity contribution in [1.82, 2.24) is 4.90 Å². The fourth-order valence-corrected chi connectivity index (χ4v) is 3.20. The molecule has 124 valence electrons. The van der Waals surface area contributed by atoms with Crippen LogP contribution < -0.4 is 0 Å². The van der Waals surface area contributed by atoms with Gasteiger partial charge in [0.2, 0.25) is 5.91 Å². The monoisotopic (exact) mass is 322 g/mol. The Bertz CT molecular complexity index is 698. The summed E-state index contributed by atoms with van der Waals surface area (Å²) in [5, 5.41) is 4.04. The molecular weight excluding hydrogens is 300 g/mol. The quantitative estimate of drug-likeness (QED) is 0.792. The molecule has 0 unspecified atom stereocenters. The Labute approximate surface area is 142 Å². The van der Waals surface area contributed by atoms with Crippen molar-refractivity contribution in [3.63, 3.8) is 0 Å². The van der Waals surface area contributed by atoms with Crippen LogP contribution in [-0.2, 0) is 22.6 Å². The van der Waals surface area contributed by atoms with Gasteiger partial charge in [0.25, 0.3) is 0 Å². The fraction of sp³-hybridized carbons (Fsp3) is 0.300. The number of likely N-dealkylation sites (tertiary alicyclic amines) is 1. The van der Waals surface area contributed by atoms with Gasteiger partial charge in [0.1, 0.15) is 7.11 Å². The van der Waals surface area contributed by atoms with Crippen molar-refractivity contribution >= 4 is 11.6 Å². The largest absolute Gasteiger partial charge is 0.399 e. The second-order valence-electron chi connectivity index (χ2n) is 6.07. The molecule has 24 heavy (non-hydrogen) atoms. The van der Waals surface area contributed by atoms with Crippen molar-refractivity contribution in [3.05, 3.63) is 71.8 Å². The average molecular weight is 322 g/mol. The zero-order valence-corrected chi connectivity index (χ0v) is 13.9. The molecule has 0 aliphatic carbocycles. The lowest BCUT2D eigenvalue weighted by molar-refractivity contribution is -0.134. The Balaban J connectivity index is 1.82. The molecule has 0 N–H and O–H groups in total. The Morgan fingerprint density at radius 2 is 1.67 bits per heavy atom. The first-order chi connectivity index (χ1) is 11.8. The predicted molar refractivity (Wildman–Crippen MR) is 94.6 cm³/mol. The van der Waals surface area contributed by atoms with Crippen LogP contribution in [0.25, 0.3) is 0 Å². The highest BCUT2D eigenvalue weighted by molar-refractivity contribution is 6.03. The SMILES string of the molecule is CON=C1CC(=O)N(Cc2ccccc2)[C@H](Cc2ccccc2)C1. The molecule has 4 nitrogen and oxygen atoms in total. The minimum atomic E-state index is 0.0998. The zero-order valence-electron chi connectivity index (χ0n) is 13.9. The number of nitrogens with zero attached hydrogens (tertiary/aromatic N) is 2. The van der Waals surface area contributed by atoms with Gasteiger partial charge in [0.15, 0.2) is 0 Å². The molecule has 0 saturated carbocycles. The van der Waals surface area contributed by atoms with Gasteiger partial charge in [-0.2, -0.15) is 0 Å². The maximum atomic E-state index is 12.7. The van der Waals surface area contributed by atoms with Gasteiger partial charge in [0, 0.05) is 19.0 Å². The van der Waals surface area contributed by atoms with Crippen molar-refractivity contribution in [3.8, 4) is 0 Å². The summed E-state index contributed by atoms with van der Waals surface area (Å²) in [6, 6.07) is 20.5. The maximum absolute atomic E-state index is 12.7. The van der Waals surface area contributed by atoms with E-state index in [2.05, 4.69) is 29.4 Å². The van der Waals surface area contributed by atoms with Crippen LogP contribution >= 0.6 is 0 Å². The molecule has 1 amide bonds. The van der Waals surface area contributed by atoms with E-state index in [-0.39, 0.29) is 11.9 Å². The van der Waals surface area contributed by atoms with Crippen molar-refractivity contribution < 1.29 is 9.63 Å². The lowest BCUT2D eigenvalue weighted by Gasteiger charge is -2.36. The van der Waals surface area contributed by atoms with E-state index < -0.39 is 0 Å². The van der Waals surface area contributed by atoms with Gasteiger partial charge in [-0.3, -0.25) is 4.79 Å². The van der Waals surface area contributed by atoms with E-state index in [0.29, 0.717) is 13.0 Å². The number of oxime groups is 1. The summed E-state index contributed by atoms with van der Waals surface area (Å²) in [5.41, 5.74) is 3.20. The van der Waals surface area contributed by atoms with Crippen LogP contribution in [-0.4, -0.2) is 29.7 Å². The molecule has 1 aliphatic heterocycles. The highest BCUT2D eigenvalue weighted by atomic mass is 16.6. The van der Waals surface area contributed by atoms with Gasteiger partial charge < -0.3 is 9.74 Å². The summed E-state index contributed by atoms with van der Waals surface area (Å²) in [6.45, 7) is 0.636. The molecule has 2 aromatic rings. The first-order valence-electron chi connectivity index (χ1n) is 8.22. The summed E-state index contributed by atoms with van der Waals surface area (Å²) in [5.74, 6) is 0.113. The topological polar surface area (TPSA) is 41.9 Å². The lowest BCUT2D eigenvalue weighted by atomic mass is 9.93. The van der Waals surface area contributed by atoms with Crippen LogP contribution in [0.1, 0.15) is 24.0 Å². The summed E-state index contributed by atoms with van der Waals surface area (Å²) in [6.07, 6.45) is 1.91. The molecule has 0 bridgehead atoms. The Kier molecular flexibility index (Phi) is 5.26. The van der Waals surface area contributed by atoms with E-state index >= 15 is 0 Å². The fourth-order valence-electron chi connectivity index (χ4n) is 3.20. The van der Waals surface area contributed by atoms with Gasteiger partial charge in [-0.15, -0.1) is 0 Å². The third-order valence-corrected chi connectivity index (χ3v) is 4.32. The minimum Gasteiger partial charge on any atom is -0.399 e. The molecule has 2 aromatic carbocycles. The molecular formula is C20H22N2O2. The highest BCUT2D eigenvalue weighted by Crippen LogP contribution is 2.23. The molecule has 3 rings (SSSR count). The standard InChI is InChI=1S/C20H22N2O2/c1-24-21-18-13-19(12-16-8-4-2-5-9-16)22(20(23)14-18)15-17-10-6-3-7-11-17/h2-11,19H,12-15H2,1H3/t19-/m1/s1. The van der Waals surface area contributed by atoms with E-state index in [1.165, 1.54) is 12.7 Å². The number of amides is 1. The summed E-state index contributed by atoms with van der Waals surface area (Å²) >= 11 is 0. The van der Waals surface area contributed by atoms with Gasteiger partial charge >= 0.3 is 0 Å². The molecule has 0 aromatic heterocycles. The van der Waals surface area contributed by atoms with E-state index in [9.17, 15) is 4.79 Å². The number of carbonyl (C=O) groups excluding carboxylic acids is 1. The third-order valence-electron chi connectivity index (χ3n) is 4.32. The predicted octanol–water partition coefficient (Wildman–Crippen LogP) is 3.42. The van der Waals surface area contributed by atoms with E-state index in [1.54, 1.807) is 0 Å². The maximum Gasteiger partial charge on any atom is 0.228 e. The first kappa shape index (κ1) is 16.2. The van der Waals surface area contributed by atoms with Crippen LogP contribution in [0, 0.1) is 0 Å². The number of hydrogen-bond donors (Lipinski definition) is 0. The van der Waals surface area contributed by atoms with Gasteiger partial charge in [0.05, 0.1) is 12.1 Å². The van der Waals surface area contributed by atoms with Gasteiger partial charge in [-0.1, -0.05) is 65.8 Å². The molecule has 1 saturated heterocycles. The molecule has 1 fully saturated rings. The molecule has 0 spiro atoms. The van der Waals surface area contributed by atoms with Crippen LogP contribution in [0.3, 0.4) is 0 Å². The lowest BCUT2D eigenvalue weighted by Crippen LogP contribution is -2.47. The van der Waals surface area contributed by atoms with Crippen molar-refractivity contribution in [2.75, 3.05) is 7.11 Å². The summed E-state index contributed by atoms with van der Waals surface area (Å²) < 4.78 is 0. The van der Waals surface area contributed by atoms with Crippen LogP contribution in [0.4, 0.5) is 0 Å². The number of carbonyl (C=O) groups is 1. The van der Waals surface area contributed by atoms with E-state index in [1.807, 2.05) is 41.3 Å². The summed E-state index contributed by atoms with van der Waals surface area (Å²) in [7, 11) is 1.53. The zero-order chi connectivity index (χ0) is 16.8. The van der Waals surface area contributed by atoms with Gasteiger partial charge in [-0.25, -0.2) is 0 Å².